The number of carbonyl (C=O) groups excluding carboxylic acids is 2. The Morgan fingerprint density at radius 3 is 2.19 bits per heavy atom. The molecular formula is C25H33N2O4+. The number of hydrogen-bond donors (Lipinski definition) is 1. The summed E-state index contributed by atoms with van der Waals surface area (Å²) < 4.78 is 11.1. The summed E-state index contributed by atoms with van der Waals surface area (Å²) in [5, 5.41) is 3.15. The first-order chi connectivity index (χ1) is 14.7. The van der Waals surface area contributed by atoms with Gasteiger partial charge in [0.2, 0.25) is 0 Å². The third kappa shape index (κ3) is 4.74. The fourth-order valence-electron chi connectivity index (χ4n) is 4.35. The van der Waals surface area contributed by atoms with Crippen LogP contribution in [0.5, 0.6) is 5.75 Å². The first-order valence-electron chi connectivity index (χ1n) is 10.7. The monoisotopic (exact) mass is 425 g/mol. The van der Waals surface area contributed by atoms with Crippen LogP contribution in [0.3, 0.4) is 0 Å². The Balaban J connectivity index is 1.71. The number of ether oxygens (including phenoxy) is 2. The number of likely N-dealkylation sites (N-methyl/N-ethyl adjacent to an activating group) is 1. The standard InChI is InChI=1S/C25H32N2O4/c1-18-14-21(30-5)15-19(2)23(18)26-24(29)25(12-9-13-25)27(3,4)16-22(28)31-17-20-10-7-6-8-11-20/h6-8,10-11,14-15H,9,12-13,16-17H2,1-5H3/p+1. The van der Waals surface area contributed by atoms with Gasteiger partial charge in [-0.2, -0.15) is 0 Å². The molecule has 0 spiro atoms. The molecule has 1 saturated carbocycles. The van der Waals surface area contributed by atoms with Gasteiger partial charge in [-0.3, -0.25) is 4.79 Å². The quantitative estimate of drug-likeness (QED) is 0.513. The minimum absolute atomic E-state index is 0.0454. The molecule has 0 unspecified atom stereocenters. The molecule has 0 bridgehead atoms. The van der Waals surface area contributed by atoms with Crippen molar-refractivity contribution in [2.75, 3.05) is 33.1 Å². The number of nitrogens with zero attached hydrogens (tertiary/aromatic N) is 1. The van der Waals surface area contributed by atoms with Crippen molar-refractivity contribution in [2.45, 2.75) is 45.3 Å². The lowest BCUT2D eigenvalue weighted by atomic mass is 9.73. The summed E-state index contributed by atoms with van der Waals surface area (Å²) >= 11 is 0. The maximum atomic E-state index is 13.5. The normalized spacial score (nSPS) is 15.0. The Hall–Kier alpha value is -2.86. The highest BCUT2D eigenvalue weighted by Crippen LogP contribution is 2.42. The first kappa shape index (κ1) is 22.8. The van der Waals surface area contributed by atoms with Crippen LogP contribution < -0.4 is 10.1 Å². The van der Waals surface area contributed by atoms with E-state index in [0.29, 0.717) is 0 Å². The number of esters is 1. The molecule has 0 atom stereocenters. The van der Waals surface area contributed by atoms with Crippen molar-refractivity contribution in [3.05, 3.63) is 59.2 Å². The number of carbonyl (C=O) groups is 2. The molecule has 166 valence electrons. The molecule has 0 aromatic heterocycles. The zero-order valence-electron chi connectivity index (χ0n) is 19.2. The van der Waals surface area contributed by atoms with Crippen molar-refractivity contribution in [3.8, 4) is 5.75 Å². The van der Waals surface area contributed by atoms with E-state index in [1.165, 1.54) is 0 Å². The van der Waals surface area contributed by atoms with Gasteiger partial charge in [0.25, 0.3) is 5.91 Å². The van der Waals surface area contributed by atoms with Gasteiger partial charge in [0.1, 0.15) is 12.4 Å². The lowest BCUT2D eigenvalue weighted by Crippen LogP contribution is -2.70. The fraction of sp³-hybridized carbons (Fsp3) is 0.440. The van der Waals surface area contributed by atoms with Gasteiger partial charge in [-0.05, 0) is 49.1 Å². The van der Waals surface area contributed by atoms with Crippen LogP contribution in [0, 0.1) is 13.8 Å². The minimum Gasteiger partial charge on any atom is -0.497 e. The van der Waals surface area contributed by atoms with Gasteiger partial charge in [-0.15, -0.1) is 0 Å². The van der Waals surface area contributed by atoms with Crippen molar-refractivity contribution in [2.24, 2.45) is 0 Å². The molecule has 2 aromatic carbocycles. The molecule has 1 N–H and O–H groups in total. The Kier molecular flexibility index (Phi) is 6.70. The van der Waals surface area contributed by atoms with Gasteiger partial charge < -0.3 is 19.3 Å². The van der Waals surface area contributed by atoms with E-state index in [4.69, 9.17) is 9.47 Å². The highest BCUT2D eigenvalue weighted by atomic mass is 16.5. The van der Waals surface area contributed by atoms with Crippen LogP contribution in [0.15, 0.2) is 42.5 Å². The number of benzene rings is 2. The average molecular weight is 426 g/mol. The summed E-state index contributed by atoms with van der Waals surface area (Å²) in [5.41, 5.74) is 3.01. The summed E-state index contributed by atoms with van der Waals surface area (Å²) in [5.74, 6) is 0.421. The van der Waals surface area contributed by atoms with Gasteiger partial charge in [-0.25, -0.2) is 4.79 Å². The zero-order chi connectivity index (χ0) is 22.6. The number of nitrogens with one attached hydrogen (secondary N) is 1. The van der Waals surface area contributed by atoms with Gasteiger partial charge in [-0.1, -0.05) is 30.3 Å². The maximum absolute atomic E-state index is 13.5. The summed E-state index contributed by atoms with van der Waals surface area (Å²) in [4.78, 5) is 26.1. The topological polar surface area (TPSA) is 64.6 Å². The van der Waals surface area contributed by atoms with Crippen molar-refractivity contribution < 1.29 is 23.5 Å². The molecule has 1 fully saturated rings. The third-order valence-corrected chi connectivity index (χ3v) is 6.51. The zero-order valence-corrected chi connectivity index (χ0v) is 19.2. The van der Waals surface area contributed by atoms with Crippen LogP contribution in [-0.4, -0.2) is 49.6 Å². The highest BCUT2D eigenvalue weighted by molar-refractivity contribution is 5.99. The first-order valence-corrected chi connectivity index (χ1v) is 10.7. The molecule has 1 aliphatic rings. The Morgan fingerprint density at radius 2 is 1.68 bits per heavy atom. The number of quaternary nitrogens is 1. The van der Waals surface area contributed by atoms with Crippen molar-refractivity contribution in [1.82, 2.24) is 0 Å². The maximum Gasteiger partial charge on any atom is 0.362 e. The summed E-state index contributed by atoms with van der Waals surface area (Å²) in [6.07, 6.45) is 2.45. The van der Waals surface area contributed by atoms with Crippen LogP contribution >= 0.6 is 0 Å². The second-order valence-electron chi connectivity index (χ2n) is 8.96. The third-order valence-electron chi connectivity index (χ3n) is 6.51. The summed E-state index contributed by atoms with van der Waals surface area (Å²) in [6, 6.07) is 13.4. The van der Waals surface area contributed by atoms with E-state index < -0.39 is 5.54 Å². The van der Waals surface area contributed by atoms with E-state index in [1.54, 1.807) is 7.11 Å². The van der Waals surface area contributed by atoms with Gasteiger partial charge in [0.05, 0.1) is 21.2 Å². The number of rotatable bonds is 8. The Bertz CT molecular complexity index is 926. The van der Waals surface area contributed by atoms with E-state index in [1.807, 2.05) is 70.4 Å². The number of amides is 1. The van der Waals surface area contributed by atoms with Crippen molar-refractivity contribution >= 4 is 17.6 Å². The lowest BCUT2D eigenvalue weighted by molar-refractivity contribution is -0.931. The predicted octanol–water partition coefficient (Wildman–Crippen LogP) is 3.99. The molecular weight excluding hydrogens is 392 g/mol. The van der Waals surface area contributed by atoms with E-state index in [0.717, 1.165) is 47.4 Å². The minimum atomic E-state index is -0.648. The molecule has 3 rings (SSSR count). The van der Waals surface area contributed by atoms with E-state index in [2.05, 4.69) is 5.32 Å². The lowest BCUT2D eigenvalue weighted by Gasteiger charge is -2.51. The summed E-state index contributed by atoms with van der Waals surface area (Å²) in [6.45, 7) is 4.29. The molecule has 0 heterocycles. The number of hydrogen-bond acceptors (Lipinski definition) is 4. The molecule has 2 aromatic rings. The molecule has 1 amide bonds. The fourth-order valence-corrected chi connectivity index (χ4v) is 4.35. The molecule has 0 saturated heterocycles. The smallest absolute Gasteiger partial charge is 0.362 e. The van der Waals surface area contributed by atoms with Crippen LogP contribution in [0.1, 0.15) is 36.0 Å². The van der Waals surface area contributed by atoms with E-state index in [-0.39, 0.29) is 29.5 Å². The molecule has 0 aliphatic heterocycles. The van der Waals surface area contributed by atoms with Crippen LogP contribution in [0.2, 0.25) is 0 Å². The highest BCUT2D eigenvalue weighted by Gasteiger charge is 2.57. The molecule has 6 heteroatoms. The van der Waals surface area contributed by atoms with E-state index in [9.17, 15) is 9.59 Å². The SMILES string of the molecule is COc1cc(C)c(NC(=O)C2([N+](C)(C)CC(=O)OCc3ccccc3)CCC2)c(C)c1. The van der Waals surface area contributed by atoms with Gasteiger partial charge in [0.15, 0.2) is 12.1 Å². The predicted molar refractivity (Wildman–Crippen MR) is 121 cm³/mol. The van der Waals surface area contributed by atoms with Crippen molar-refractivity contribution in [3.63, 3.8) is 0 Å². The number of anilines is 1. The van der Waals surface area contributed by atoms with E-state index >= 15 is 0 Å². The summed E-state index contributed by atoms with van der Waals surface area (Å²) in [7, 11) is 5.51. The van der Waals surface area contributed by atoms with Crippen molar-refractivity contribution in [1.29, 1.82) is 0 Å². The Labute approximate surface area is 184 Å². The van der Waals surface area contributed by atoms with Crippen LogP contribution in [0.4, 0.5) is 5.69 Å². The number of methoxy groups -OCH3 is 1. The average Bonchev–Trinajstić information content (AvgIpc) is 2.68. The molecule has 1 aliphatic carbocycles. The second-order valence-corrected chi connectivity index (χ2v) is 8.96. The largest absolute Gasteiger partial charge is 0.497 e. The van der Waals surface area contributed by atoms with Crippen LogP contribution in [0.25, 0.3) is 0 Å². The number of aryl methyl sites for hydroxylation is 2. The van der Waals surface area contributed by atoms with Crippen LogP contribution in [-0.2, 0) is 20.9 Å². The van der Waals surface area contributed by atoms with Gasteiger partial charge >= 0.3 is 5.97 Å². The molecule has 31 heavy (non-hydrogen) atoms. The molecule has 0 radical (unpaired) electrons. The van der Waals surface area contributed by atoms with Gasteiger partial charge in [0, 0.05) is 18.5 Å². The molecule has 6 nitrogen and oxygen atoms in total. The Morgan fingerprint density at radius 1 is 1.06 bits per heavy atom. The second kappa shape index (κ2) is 9.10.